The molecule has 0 bridgehead atoms. The second-order valence-electron chi connectivity index (χ2n) is 6.05. The van der Waals surface area contributed by atoms with E-state index in [0.717, 1.165) is 33.4 Å². The summed E-state index contributed by atoms with van der Waals surface area (Å²) in [5.74, 6) is 1.21. The summed E-state index contributed by atoms with van der Waals surface area (Å²) >= 11 is 0. The molecule has 0 fully saturated rings. The molecular formula is C20H23N3O3. The lowest BCUT2D eigenvalue weighted by Crippen LogP contribution is -2.03. The van der Waals surface area contributed by atoms with E-state index in [4.69, 9.17) is 14.6 Å². The lowest BCUT2D eigenvalue weighted by Gasteiger charge is -2.16. The zero-order valence-corrected chi connectivity index (χ0v) is 15.2. The van der Waals surface area contributed by atoms with Crippen LogP contribution in [0.1, 0.15) is 17.5 Å². The number of nitrogens with zero attached hydrogens (tertiary/aromatic N) is 2. The summed E-state index contributed by atoms with van der Waals surface area (Å²) in [6.07, 6.45) is 5.97. The van der Waals surface area contributed by atoms with Gasteiger partial charge < -0.3 is 19.9 Å². The largest absolute Gasteiger partial charge is 0.493 e. The smallest absolute Gasteiger partial charge is 0.187 e. The number of anilines is 2. The average molecular weight is 353 g/mol. The van der Waals surface area contributed by atoms with Gasteiger partial charge in [-0.25, -0.2) is 0 Å². The molecule has 0 aliphatic rings. The Balaban J connectivity index is 2.06. The normalized spacial score (nSPS) is 10.8. The minimum atomic E-state index is 0.0773. The summed E-state index contributed by atoms with van der Waals surface area (Å²) in [7, 11) is 1.60. The summed E-state index contributed by atoms with van der Waals surface area (Å²) in [5, 5.41) is 13.4. The molecule has 6 heteroatoms. The Morgan fingerprint density at radius 3 is 2.58 bits per heavy atom. The number of aromatic nitrogens is 2. The SMILES string of the molecule is COc1ccc2c(Nc3c(C)cncc3C)ccnc2c1OCCCO. The van der Waals surface area contributed by atoms with Crippen LogP contribution in [0, 0.1) is 13.8 Å². The molecule has 136 valence electrons. The lowest BCUT2D eigenvalue weighted by atomic mass is 10.1. The number of aliphatic hydroxyl groups excluding tert-OH is 1. The minimum Gasteiger partial charge on any atom is -0.493 e. The summed E-state index contributed by atoms with van der Waals surface area (Å²) in [5.41, 5.74) is 4.83. The molecule has 0 amide bonds. The number of fused-ring (bicyclic) bond motifs is 1. The van der Waals surface area contributed by atoms with Crippen LogP contribution in [0.5, 0.6) is 11.5 Å². The molecule has 0 saturated heterocycles. The zero-order valence-electron chi connectivity index (χ0n) is 15.2. The number of nitrogens with one attached hydrogen (secondary N) is 1. The van der Waals surface area contributed by atoms with Crippen LogP contribution in [-0.4, -0.2) is 35.4 Å². The first kappa shape index (κ1) is 17.9. The fourth-order valence-corrected chi connectivity index (χ4v) is 2.86. The van der Waals surface area contributed by atoms with Gasteiger partial charge in [0.25, 0.3) is 0 Å². The maximum Gasteiger partial charge on any atom is 0.187 e. The molecule has 0 atom stereocenters. The topological polar surface area (TPSA) is 76.5 Å². The standard InChI is InChI=1S/C20H23N3O3/c1-13-11-21-12-14(2)18(13)23-16-7-8-22-19-15(16)5-6-17(25-3)20(19)26-10-4-9-24/h5-8,11-12,24H,4,9-10H2,1-3H3,(H,21,22,23). The van der Waals surface area contributed by atoms with Crippen LogP contribution >= 0.6 is 0 Å². The van der Waals surface area contributed by atoms with Crippen molar-refractivity contribution in [3.05, 3.63) is 47.9 Å². The molecule has 0 saturated carbocycles. The van der Waals surface area contributed by atoms with Gasteiger partial charge in [0.05, 0.1) is 13.7 Å². The first-order valence-corrected chi connectivity index (χ1v) is 8.53. The molecule has 1 aromatic carbocycles. The van der Waals surface area contributed by atoms with Gasteiger partial charge in [-0.05, 0) is 43.2 Å². The van der Waals surface area contributed by atoms with Gasteiger partial charge in [-0.2, -0.15) is 0 Å². The van der Waals surface area contributed by atoms with E-state index in [1.807, 2.05) is 44.4 Å². The van der Waals surface area contributed by atoms with E-state index in [0.29, 0.717) is 24.5 Å². The highest BCUT2D eigenvalue weighted by atomic mass is 16.5. The minimum absolute atomic E-state index is 0.0773. The number of methoxy groups -OCH3 is 1. The predicted molar refractivity (Wildman–Crippen MR) is 102 cm³/mol. The number of aryl methyl sites for hydroxylation is 2. The number of hydrogen-bond acceptors (Lipinski definition) is 6. The van der Waals surface area contributed by atoms with Crippen LogP contribution in [0.25, 0.3) is 10.9 Å². The van der Waals surface area contributed by atoms with E-state index >= 15 is 0 Å². The first-order chi connectivity index (χ1) is 12.7. The number of ether oxygens (including phenoxy) is 2. The van der Waals surface area contributed by atoms with Crippen molar-refractivity contribution >= 4 is 22.3 Å². The molecule has 0 aliphatic heterocycles. The van der Waals surface area contributed by atoms with Crippen molar-refractivity contribution in [1.29, 1.82) is 0 Å². The maximum atomic E-state index is 9.00. The zero-order chi connectivity index (χ0) is 18.5. The molecule has 6 nitrogen and oxygen atoms in total. The van der Waals surface area contributed by atoms with Crippen LogP contribution in [0.4, 0.5) is 11.4 Å². The summed E-state index contributed by atoms with van der Waals surface area (Å²) in [6, 6.07) is 5.77. The third-order valence-electron chi connectivity index (χ3n) is 4.18. The number of hydrogen-bond donors (Lipinski definition) is 2. The van der Waals surface area contributed by atoms with E-state index < -0.39 is 0 Å². The highest BCUT2D eigenvalue weighted by Crippen LogP contribution is 2.38. The second kappa shape index (κ2) is 8.01. The van der Waals surface area contributed by atoms with Gasteiger partial charge in [0.1, 0.15) is 5.52 Å². The fraction of sp³-hybridized carbons (Fsp3) is 0.300. The van der Waals surface area contributed by atoms with Gasteiger partial charge in [0, 0.05) is 48.4 Å². The van der Waals surface area contributed by atoms with E-state index in [2.05, 4.69) is 15.3 Å². The summed E-state index contributed by atoms with van der Waals surface area (Å²) < 4.78 is 11.3. The van der Waals surface area contributed by atoms with Crippen LogP contribution in [0.15, 0.2) is 36.8 Å². The number of pyridine rings is 2. The molecule has 2 N–H and O–H groups in total. The van der Waals surface area contributed by atoms with Crippen molar-refractivity contribution in [3.8, 4) is 11.5 Å². The van der Waals surface area contributed by atoms with E-state index in [1.54, 1.807) is 13.3 Å². The molecule has 3 rings (SSSR count). The Morgan fingerprint density at radius 2 is 1.88 bits per heavy atom. The van der Waals surface area contributed by atoms with Gasteiger partial charge in [-0.15, -0.1) is 0 Å². The van der Waals surface area contributed by atoms with Crippen LogP contribution in [-0.2, 0) is 0 Å². The van der Waals surface area contributed by atoms with Crippen LogP contribution < -0.4 is 14.8 Å². The van der Waals surface area contributed by atoms with Crippen molar-refractivity contribution in [2.24, 2.45) is 0 Å². The van der Waals surface area contributed by atoms with Crippen LogP contribution in [0.2, 0.25) is 0 Å². The van der Waals surface area contributed by atoms with E-state index in [9.17, 15) is 0 Å². The molecule has 2 aromatic heterocycles. The quantitative estimate of drug-likeness (QED) is 0.630. The Morgan fingerprint density at radius 1 is 1.12 bits per heavy atom. The van der Waals surface area contributed by atoms with Crippen molar-refractivity contribution in [2.45, 2.75) is 20.3 Å². The molecule has 0 unspecified atom stereocenters. The van der Waals surface area contributed by atoms with Gasteiger partial charge >= 0.3 is 0 Å². The fourth-order valence-electron chi connectivity index (χ4n) is 2.86. The van der Waals surface area contributed by atoms with E-state index in [1.165, 1.54) is 0 Å². The number of rotatable bonds is 7. The number of benzene rings is 1. The highest BCUT2D eigenvalue weighted by molar-refractivity contribution is 5.97. The Kier molecular flexibility index (Phi) is 5.53. The van der Waals surface area contributed by atoms with Gasteiger partial charge in [0.2, 0.25) is 0 Å². The van der Waals surface area contributed by atoms with Crippen molar-refractivity contribution in [2.75, 3.05) is 25.6 Å². The molecule has 3 aromatic rings. The molecule has 26 heavy (non-hydrogen) atoms. The molecule has 0 aliphatic carbocycles. The Labute approximate surface area is 152 Å². The number of aliphatic hydroxyl groups is 1. The highest BCUT2D eigenvalue weighted by Gasteiger charge is 2.14. The van der Waals surface area contributed by atoms with Crippen molar-refractivity contribution < 1.29 is 14.6 Å². The van der Waals surface area contributed by atoms with E-state index in [-0.39, 0.29) is 6.61 Å². The third-order valence-corrected chi connectivity index (χ3v) is 4.18. The second-order valence-corrected chi connectivity index (χ2v) is 6.05. The Hall–Kier alpha value is -2.86. The molecule has 2 heterocycles. The Bertz CT molecular complexity index is 892. The van der Waals surface area contributed by atoms with Gasteiger partial charge in [0.15, 0.2) is 11.5 Å². The van der Waals surface area contributed by atoms with Crippen LogP contribution in [0.3, 0.4) is 0 Å². The maximum absolute atomic E-state index is 9.00. The first-order valence-electron chi connectivity index (χ1n) is 8.53. The average Bonchev–Trinajstić information content (AvgIpc) is 2.65. The van der Waals surface area contributed by atoms with Gasteiger partial charge in [-0.1, -0.05) is 0 Å². The summed E-state index contributed by atoms with van der Waals surface area (Å²) in [6.45, 7) is 4.53. The van der Waals surface area contributed by atoms with Crippen molar-refractivity contribution in [3.63, 3.8) is 0 Å². The third kappa shape index (κ3) is 3.55. The summed E-state index contributed by atoms with van der Waals surface area (Å²) in [4.78, 5) is 8.71. The monoisotopic (exact) mass is 353 g/mol. The molecule has 0 radical (unpaired) electrons. The molecular weight excluding hydrogens is 330 g/mol. The van der Waals surface area contributed by atoms with Crippen molar-refractivity contribution in [1.82, 2.24) is 9.97 Å². The predicted octanol–water partition coefficient (Wildman–Crippen LogP) is 3.76. The van der Waals surface area contributed by atoms with Gasteiger partial charge in [-0.3, -0.25) is 9.97 Å². The lowest BCUT2D eigenvalue weighted by molar-refractivity contribution is 0.229. The molecule has 0 spiro atoms.